The minimum atomic E-state index is -0.508. The van der Waals surface area contributed by atoms with Gasteiger partial charge in [-0.3, -0.25) is 14.4 Å². The third kappa shape index (κ3) is 2.28. The van der Waals surface area contributed by atoms with Crippen LogP contribution in [0.15, 0.2) is 12.2 Å². The molecule has 0 aromatic heterocycles. The second-order valence-corrected chi connectivity index (χ2v) is 3.15. The van der Waals surface area contributed by atoms with E-state index in [1.807, 2.05) is 6.92 Å². The molecule has 1 heterocycles. The van der Waals surface area contributed by atoms with Crippen LogP contribution in [0.1, 0.15) is 32.6 Å². The van der Waals surface area contributed by atoms with Crippen LogP contribution < -0.4 is 0 Å². The molecular weight excluding hydrogens is 182 g/mol. The molecule has 0 atom stereocenters. The van der Waals surface area contributed by atoms with Crippen molar-refractivity contribution in [1.29, 1.82) is 0 Å². The van der Waals surface area contributed by atoms with Gasteiger partial charge in [-0.1, -0.05) is 19.4 Å². The number of imide groups is 3. The minimum absolute atomic E-state index is 0.159. The molecule has 0 unspecified atom stereocenters. The van der Waals surface area contributed by atoms with Crippen molar-refractivity contribution in [1.82, 2.24) is 4.90 Å². The van der Waals surface area contributed by atoms with Gasteiger partial charge in [-0.15, -0.1) is 0 Å². The number of carbonyl (C=O) groups is 3. The van der Waals surface area contributed by atoms with E-state index >= 15 is 0 Å². The lowest BCUT2D eigenvalue weighted by molar-refractivity contribution is -0.146. The molecule has 3 amide bonds. The van der Waals surface area contributed by atoms with Crippen LogP contribution in [0.3, 0.4) is 0 Å². The summed E-state index contributed by atoms with van der Waals surface area (Å²) in [6.45, 7) is 1.99. The first-order chi connectivity index (χ1) is 6.66. The van der Waals surface area contributed by atoms with Gasteiger partial charge >= 0.3 is 0 Å². The second-order valence-electron chi connectivity index (χ2n) is 3.15. The molecule has 1 saturated heterocycles. The summed E-state index contributed by atoms with van der Waals surface area (Å²) in [4.78, 5) is 34.3. The van der Waals surface area contributed by atoms with E-state index in [2.05, 4.69) is 0 Å². The van der Waals surface area contributed by atoms with Crippen molar-refractivity contribution < 1.29 is 14.4 Å². The Morgan fingerprint density at radius 2 is 1.93 bits per heavy atom. The largest absolute Gasteiger partial charge is 0.274 e. The Labute approximate surface area is 82.6 Å². The predicted octanol–water partition coefficient (Wildman–Crippen LogP) is 1.02. The summed E-state index contributed by atoms with van der Waals surface area (Å²) >= 11 is 0. The topological polar surface area (TPSA) is 54.5 Å². The van der Waals surface area contributed by atoms with Gasteiger partial charge < -0.3 is 0 Å². The molecule has 0 aliphatic carbocycles. The maximum absolute atomic E-state index is 11.3. The molecule has 0 spiro atoms. The zero-order chi connectivity index (χ0) is 10.6. The molecule has 4 nitrogen and oxygen atoms in total. The number of rotatable bonds is 3. The summed E-state index contributed by atoms with van der Waals surface area (Å²) in [5, 5.41) is 0. The molecule has 0 aromatic carbocycles. The summed E-state index contributed by atoms with van der Waals surface area (Å²) in [7, 11) is 0. The van der Waals surface area contributed by atoms with Gasteiger partial charge in [0.05, 0.1) is 0 Å². The second kappa shape index (κ2) is 4.69. The van der Waals surface area contributed by atoms with Crippen LogP contribution in [0, 0.1) is 0 Å². The highest BCUT2D eigenvalue weighted by molar-refractivity contribution is 6.17. The van der Waals surface area contributed by atoms with Crippen LogP contribution in [0.2, 0.25) is 0 Å². The van der Waals surface area contributed by atoms with Gasteiger partial charge in [0.15, 0.2) is 0 Å². The number of allylic oxidation sites excluding steroid dienone is 1. The van der Waals surface area contributed by atoms with Crippen molar-refractivity contribution in [2.24, 2.45) is 0 Å². The van der Waals surface area contributed by atoms with Crippen LogP contribution >= 0.6 is 0 Å². The molecule has 14 heavy (non-hydrogen) atoms. The quantitative estimate of drug-likeness (QED) is 0.499. The van der Waals surface area contributed by atoms with Gasteiger partial charge in [-0.25, -0.2) is 4.90 Å². The lowest BCUT2D eigenvalue weighted by atomic mass is 10.3. The lowest BCUT2D eigenvalue weighted by Gasteiger charge is -2.07. The Morgan fingerprint density at radius 1 is 1.36 bits per heavy atom. The van der Waals surface area contributed by atoms with Gasteiger partial charge in [0.1, 0.15) is 0 Å². The molecule has 1 fully saturated rings. The zero-order valence-electron chi connectivity index (χ0n) is 8.16. The average Bonchev–Trinajstić information content (AvgIpc) is 2.46. The fraction of sp³-hybridized carbons (Fsp3) is 0.500. The number of amides is 3. The molecule has 1 aliphatic rings. The fourth-order valence-corrected chi connectivity index (χ4v) is 1.25. The van der Waals surface area contributed by atoms with Crippen LogP contribution in [0.4, 0.5) is 0 Å². The Hall–Kier alpha value is -1.45. The van der Waals surface area contributed by atoms with Gasteiger partial charge in [0, 0.05) is 18.9 Å². The molecule has 76 valence electrons. The van der Waals surface area contributed by atoms with E-state index in [4.69, 9.17) is 0 Å². The monoisotopic (exact) mass is 195 g/mol. The summed E-state index contributed by atoms with van der Waals surface area (Å²) in [5.41, 5.74) is 0. The Morgan fingerprint density at radius 3 is 2.43 bits per heavy atom. The summed E-state index contributed by atoms with van der Waals surface area (Å²) in [6, 6.07) is 0. The first kappa shape index (κ1) is 10.6. The molecule has 0 bridgehead atoms. The number of hydrogen-bond acceptors (Lipinski definition) is 3. The van der Waals surface area contributed by atoms with E-state index in [1.54, 1.807) is 6.08 Å². The van der Waals surface area contributed by atoms with Crippen molar-refractivity contribution in [3.05, 3.63) is 12.2 Å². The van der Waals surface area contributed by atoms with Crippen LogP contribution in [-0.2, 0) is 14.4 Å². The van der Waals surface area contributed by atoms with Crippen molar-refractivity contribution in [2.75, 3.05) is 0 Å². The number of carbonyl (C=O) groups excluding carboxylic acids is 3. The predicted molar refractivity (Wildman–Crippen MR) is 50.1 cm³/mol. The maximum atomic E-state index is 11.3. The van der Waals surface area contributed by atoms with E-state index in [-0.39, 0.29) is 24.7 Å². The number of nitrogens with zero attached hydrogens (tertiary/aromatic N) is 1. The summed E-state index contributed by atoms with van der Waals surface area (Å²) in [6.07, 6.45) is 5.01. The van der Waals surface area contributed by atoms with Crippen molar-refractivity contribution >= 4 is 17.7 Å². The van der Waals surface area contributed by atoms with Crippen molar-refractivity contribution in [3.63, 3.8) is 0 Å². The molecular formula is C10H13NO3. The summed E-state index contributed by atoms with van der Waals surface area (Å²) < 4.78 is 0. The molecule has 0 radical (unpaired) electrons. The standard InChI is InChI=1S/C10H13NO3/c1-2-3-4-5-8(12)11-9(13)6-7-10(11)14/h4-5H,2-3,6-7H2,1H3/b5-4+. The number of hydrogen-bond donors (Lipinski definition) is 0. The summed E-state index contributed by atoms with van der Waals surface area (Å²) in [5.74, 6) is -1.28. The molecule has 0 N–H and O–H groups in total. The molecule has 4 heteroatoms. The highest BCUT2D eigenvalue weighted by Crippen LogP contribution is 2.12. The first-order valence-corrected chi connectivity index (χ1v) is 4.73. The van der Waals surface area contributed by atoms with Gasteiger partial charge in [0.25, 0.3) is 5.91 Å². The SMILES string of the molecule is CCC/C=C/C(=O)N1C(=O)CCC1=O. The van der Waals surface area contributed by atoms with E-state index in [9.17, 15) is 14.4 Å². The number of likely N-dealkylation sites (tertiary alicyclic amines) is 1. The Kier molecular flexibility index (Phi) is 3.56. The highest BCUT2D eigenvalue weighted by atomic mass is 16.2. The van der Waals surface area contributed by atoms with Crippen LogP contribution in [0.5, 0.6) is 0 Å². The van der Waals surface area contributed by atoms with Crippen molar-refractivity contribution in [3.8, 4) is 0 Å². The van der Waals surface area contributed by atoms with Gasteiger partial charge in [0.2, 0.25) is 11.8 Å². The van der Waals surface area contributed by atoms with E-state index in [0.717, 1.165) is 17.7 Å². The molecule has 1 aliphatic heterocycles. The molecule has 1 rings (SSSR count). The van der Waals surface area contributed by atoms with E-state index < -0.39 is 5.91 Å². The van der Waals surface area contributed by atoms with Crippen LogP contribution in [-0.4, -0.2) is 22.6 Å². The van der Waals surface area contributed by atoms with Crippen molar-refractivity contribution in [2.45, 2.75) is 32.6 Å². The normalized spacial score (nSPS) is 17.1. The smallest absolute Gasteiger partial charge is 0.259 e. The Balaban J connectivity index is 2.60. The van der Waals surface area contributed by atoms with E-state index in [1.165, 1.54) is 6.08 Å². The maximum Gasteiger partial charge on any atom is 0.259 e. The molecule has 0 saturated carbocycles. The highest BCUT2D eigenvalue weighted by Gasteiger charge is 2.32. The average molecular weight is 195 g/mol. The fourth-order valence-electron chi connectivity index (χ4n) is 1.25. The van der Waals surface area contributed by atoms with E-state index in [0.29, 0.717) is 0 Å². The third-order valence-electron chi connectivity index (χ3n) is 1.99. The zero-order valence-corrected chi connectivity index (χ0v) is 8.16. The third-order valence-corrected chi connectivity index (χ3v) is 1.99. The Bertz CT molecular complexity index is 278. The molecule has 0 aromatic rings. The lowest BCUT2D eigenvalue weighted by Crippen LogP contribution is -2.34. The number of unbranched alkanes of at least 4 members (excludes halogenated alkanes) is 1. The van der Waals surface area contributed by atoms with Gasteiger partial charge in [-0.05, 0) is 6.42 Å². The van der Waals surface area contributed by atoms with Gasteiger partial charge in [-0.2, -0.15) is 0 Å². The van der Waals surface area contributed by atoms with Crippen LogP contribution in [0.25, 0.3) is 0 Å². The first-order valence-electron chi connectivity index (χ1n) is 4.73. The minimum Gasteiger partial charge on any atom is -0.274 e.